The molecule has 1 heterocycles. The summed E-state index contributed by atoms with van der Waals surface area (Å²) in [5, 5.41) is 19.9. The lowest BCUT2D eigenvalue weighted by Crippen LogP contribution is -1.96. The Balaban J connectivity index is 0.00000176. The van der Waals surface area contributed by atoms with E-state index in [0.29, 0.717) is 0 Å². The molecule has 22 heavy (non-hydrogen) atoms. The first kappa shape index (κ1) is 16.1. The Morgan fingerprint density at radius 2 is 1.77 bits per heavy atom. The third-order valence-corrected chi connectivity index (χ3v) is 4.29. The number of nitrogens with zero attached hydrogens (tertiary/aromatic N) is 1. The molecular weight excluding hydrogens is 326 g/mol. The van der Waals surface area contributed by atoms with Crippen molar-refractivity contribution in [2.24, 2.45) is 0 Å². The molecule has 3 rings (SSSR count). The van der Waals surface area contributed by atoms with Crippen LogP contribution in [0.1, 0.15) is 21.5 Å². The van der Waals surface area contributed by atoms with E-state index in [1.54, 1.807) is 24.3 Å². The number of rotatable bonds is 2. The van der Waals surface area contributed by atoms with Gasteiger partial charge in [-0.3, -0.25) is 10.1 Å². The maximum absolute atomic E-state index is 11.0. The van der Waals surface area contributed by atoms with Gasteiger partial charge in [0.2, 0.25) is 0 Å². The van der Waals surface area contributed by atoms with Crippen LogP contribution in [0.2, 0.25) is 0 Å². The zero-order valence-electron chi connectivity index (χ0n) is 11.1. The summed E-state index contributed by atoms with van der Waals surface area (Å²) < 4.78 is 0. The topological polar surface area (TPSA) is 80.4 Å². The van der Waals surface area contributed by atoms with E-state index in [9.17, 15) is 14.9 Å². The molecule has 0 radical (unpaired) electrons. The number of fused-ring (bicyclic) bond motifs is 2. The highest BCUT2D eigenvalue weighted by atomic mass is 35.5. The maximum atomic E-state index is 11.0. The molecule has 1 aliphatic heterocycles. The average Bonchev–Trinajstić information content (AvgIpc) is 2.64. The zero-order chi connectivity index (χ0) is 15.0. The molecule has 2 aromatic carbocycles. The van der Waals surface area contributed by atoms with Gasteiger partial charge in [0.25, 0.3) is 5.69 Å². The standard InChI is InChI=1S/C15H9NO4S.ClH/c17-15(18)11-4-2-9-1-3-10-7-12(16(19)20)5-6-13(10)21-14(9)8-11;/h1-8H,(H,17,18);1H. The largest absolute Gasteiger partial charge is 0.478 e. The Hall–Kier alpha value is -2.31. The van der Waals surface area contributed by atoms with Crippen LogP contribution in [-0.2, 0) is 0 Å². The first-order valence-electron chi connectivity index (χ1n) is 6.06. The predicted octanol–water partition coefficient (Wildman–Crippen LogP) is 4.35. The van der Waals surface area contributed by atoms with E-state index >= 15 is 0 Å². The summed E-state index contributed by atoms with van der Waals surface area (Å²) in [6.07, 6.45) is 3.64. The Kier molecular flexibility index (Phi) is 4.54. The van der Waals surface area contributed by atoms with E-state index in [-0.39, 0.29) is 23.7 Å². The molecule has 0 amide bonds. The molecule has 112 valence electrons. The van der Waals surface area contributed by atoms with Crippen LogP contribution in [0.15, 0.2) is 46.2 Å². The number of nitro groups is 1. The van der Waals surface area contributed by atoms with Crippen molar-refractivity contribution in [2.45, 2.75) is 9.79 Å². The average molecular weight is 336 g/mol. The summed E-state index contributed by atoms with van der Waals surface area (Å²) in [4.78, 5) is 23.1. The van der Waals surface area contributed by atoms with Crippen LogP contribution in [-0.4, -0.2) is 16.0 Å². The van der Waals surface area contributed by atoms with Crippen molar-refractivity contribution in [1.29, 1.82) is 0 Å². The van der Waals surface area contributed by atoms with Crippen molar-refractivity contribution in [3.8, 4) is 0 Å². The third kappa shape index (κ3) is 2.98. The summed E-state index contributed by atoms with van der Waals surface area (Å²) in [6, 6.07) is 9.55. The van der Waals surface area contributed by atoms with Crippen molar-refractivity contribution >= 4 is 48.0 Å². The molecule has 0 fully saturated rings. The van der Waals surface area contributed by atoms with Gasteiger partial charge >= 0.3 is 5.97 Å². The lowest BCUT2D eigenvalue weighted by Gasteiger charge is -2.06. The van der Waals surface area contributed by atoms with E-state index in [1.165, 1.54) is 23.9 Å². The number of carbonyl (C=O) groups is 1. The molecule has 0 aromatic heterocycles. The molecule has 0 atom stereocenters. The van der Waals surface area contributed by atoms with Gasteiger partial charge in [-0.2, -0.15) is 0 Å². The van der Waals surface area contributed by atoms with E-state index < -0.39 is 10.9 Å². The van der Waals surface area contributed by atoms with E-state index in [1.807, 2.05) is 12.2 Å². The second kappa shape index (κ2) is 6.21. The van der Waals surface area contributed by atoms with Gasteiger partial charge in [0, 0.05) is 21.9 Å². The SMILES string of the molecule is Cl.O=C(O)c1ccc2c(c1)Sc1ccc([N+](=O)[O-])cc1C=C2. The van der Waals surface area contributed by atoms with Crippen molar-refractivity contribution in [2.75, 3.05) is 0 Å². The summed E-state index contributed by atoms with van der Waals surface area (Å²) in [7, 11) is 0. The molecule has 0 saturated carbocycles. The molecular formula is C15H10ClNO4S. The Morgan fingerprint density at radius 3 is 2.45 bits per heavy atom. The van der Waals surface area contributed by atoms with Crippen molar-refractivity contribution in [3.63, 3.8) is 0 Å². The van der Waals surface area contributed by atoms with Crippen molar-refractivity contribution < 1.29 is 14.8 Å². The van der Waals surface area contributed by atoms with Crippen LogP contribution < -0.4 is 0 Å². The third-order valence-electron chi connectivity index (χ3n) is 3.13. The molecule has 0 saturated heterocycles. The highest BCUT2D eigenvalue weighted by Gasteiger charge is 2.15. The Morgan fingerprint density at radius 1 is 1.05 bits per heavy atom. The van der Waals surface area contributed by atoms with Crippen LogP contribution >= 0.6 is 24.2 Å². The molecule has 0 spiro atoms. The van der Waals surface area contributed by atoms with Crippen LogP contribution in [0.4, 0.5) is 5.69 Å². The number of carboxylic acids is 1. The molecule has 2 aromatic rings. The lowest BCUT2D eigenvalue weighted by atomic mass is 10.1. The number of hydrogen-bond acceptors (Lipinski definition) is 4. The van der Waals surface area contributed by atoms with Crippen molar-refractivity contribution in [1.82, 2.24) is 0 Å². The fourth-order valence-corrected chi connectivity index (χ4v) is 3.12. The van der Waals surface area contributed by atoms with E-state index in [0.717, 1.165) is 20.9 Å². The number of nitro benzene ring substituents is 1. The highest BCUT2D eigenvalue weighted by molar-refractivity contribution is 7.99. The molecule has 0 aliphatic carbocycles. The number of aromatic carboxylic acids is 1. The van der Waals surface area contributed by atoms with Gasteiger partial charge in [0.15, 0.2) is 0 Å². The number of hydrogen-bond donors (Lipinski definition) is 1. The van der Waals surface area contributed by atoms with Crippen molar-refractivity contribution in [3.05, 3.63) is 63.2 Å². The first-order chi connectivity index (χ1) is 10.0. The first-order valence-corrected chi connectivity index (χ1v) is 6.88. The highest BCUT2D eigenvalue weighted by Crippen LogP contribution is 2.39. The smallest absolute Gasteiger partial charge is 0.335 e. The summed E-state index contributed by atoms with van der Waals surface area (Å²) in [5.41, 5.74) is 1.90. The van der Waals surface area contributed by atoms with Gasteiger partial charge in [0.05, 0.1) is 10.5 Å². The van der Waals surface area contributed by atoms with Gasteiger partial charge in [-0.05, 0) is 29.3 Å². The second-order valence-corrected chi connectivity index (χ2v) is 5.56. The molecule has 1 N–H and O–H groups in total. The van der Waals surface area contributed by atoms with Crippen LogP contribution in [0, 0.1) is 10.1 Å². The summed E-state index contributed by atoms with van der Waals surface area (Å²) >= 11 is 1.41. The monoisotopic (exact) mass is 335 g/mol. The zero-order valence-corrected chi connectivity index (χ0v) is 12.7. The molecule has 5 nitrogen and oxygen atoms in total. The summed E-state index contributed by atoms with van der Waals surface area (Å²) in [5.74, 6) is -0.976. The minimum atomic E-state index is -0.976. The van der Waals surface area contributed by atoms with Crippen LogP contribution in [0.3, 0.4) is 0 Å². The van der Waals surface area contributed by atoms with Gasteiger partial charge in [-0.1, -0.05) is 30.0 Å². The number of halogens is 1. The normalized spacial score (nSPS) is 11.6. The summed E-state index contributed by atoms with van der Waals surface area (Å²) in [6.45, 7) is 0. The Labute approximate surface area is 136 Å². The molecule has 7 heteroatoms. The molecule has 1 aliphatic rings. The van der Waals surface area contributed by atoms with Gasteiger partial charge in [0.1, 0.15) is 0 Å². The van der Waals surface area contributed by atoms with Gasteiger partial charge < -0.3 is 5.11 Å². The maximum Gasteiger partial charge on any atom is 0.335 e. The number of non-ortho nitro benzene ring substituents is 1. The van der Waals surface area contributed by atoms with Gasteiger partial charge in [-0.25, -0.2) is 4.79 Å². The lowest BCUT2D eigenvalue weighted by molar-refractivity contribution is -0.384. The Bertz CT molecular complexity index is 804. The van der Waals surface area contributed by atoms with Gasteiger partial charge in [-0.15, -0.1) is 12.4 Å². The second-order valence-electron chi connectivity index (χ2n) is 4.47. The minimum Gasteiger partial charge on any atom is -0.478 e. The van der Waals surface area contributed by atoms with Crippen LogP contribution in [0.5, 0.6) is 0 Å². The van der Waals surface area contributed by atoms with E-state index in [4.69, 9.17) is 5.11 Å². The number of benzene rings is 2. The minimum absolute atomic E-state index is 0. The quantitative estimate of drug-likeness (QED) is 0.556. The van der Waals surface area contributed by atoms with E-state index in [2.05, 4.69) is 0 Å². The molecule has 0 bridgehead atoms. The molecule has 0 unspecified atom stereocenters. The predicted molar refractivity (Wildman–Crippen MR) is 86.8 cm³/mol. The fourth-order valence-electron chi connectivity index (χ4n) is 2.06. The van der Waals surface area contributed by atoms with Crippen LogP contribution in [0.25, 0.3) is 12.2 Å². The number of carboxylic acid groups (broad SMARTS) is 1. The fraction of sp³-hybridized carbons (Fsp3) is 0.